The van der Waals surface area contributed by atoms with E-state index < -0.39 is 9.84 Å². The summed E-state index contributed by atoms with van der Waals surface area (Å²) < 4.78 is 21.7. The molecular formula is C10H18O3S2. The minimum atomic E-state index is -2.99. The molecule has 0 spiro atoms. The molecule has 0 unspecified atom stereocenters. The summed E-state index contributed by atoms with van der Waals surface area (Å²) in [5.41, 5.74) is 0. The quantitative estimate of drug-likeness (QED) is 0.719. The molecule has 0 aromatic rings. The van der Waals surface area contributed by atoms with Crippen LogP contribution in [-0.2, 0) is 14.6 Å². The summed E-state index contributed by atoms with van der Waals surface area (Å²) in [7, 11) is -2.99. The van der Waals surface area contributed by atoms with Crippen molar-refractivity contribution in [2.75, 3.05) is 17.8 Å². The van der Waals surface area contributed by atoms with E-state index in [4.69, 9.17) is 0 Å². The van der Waals surface area contributed by atoms with Crippen LogP contribution in [0.5, 0.6) is 0 Å². The van der Waals surface area contributed by atoms with Crippen molar-refractivity contribution in [3.8, 4) is 0 Å². The van der Waals surface area contributed by atoms with E-state index in [-0.39, 0.29) is 18.0 Å². The fraction of sp³-hybridized carbons (Fsp3) is 0.900. The molecule has 0 aromatic heterocycles. The molecule has 0 aliphatic heterocycles. The molecule has 1 saturated carbocycles. The summed E-state index contributed by atoms with van der Waals surface area (Å²) in [6.45, 7) is 0. The van der Waals surface area contributed by atoms with Crippen LogP contribution < -0.4 is 0 Å². The molecule has 0 heterocycles. The van der Waals surface area contributed by atoms with Crippen molar-refractivity contribution in [3.63, 3.8) is 0 Å². The van der Waals surface area contributed by atoms with Gasteiger partial charge in [-0.15, -0.1) is 0 Å². The molecule has 0 radical (unpaired) electrons. The van der Waals surface area contributed by atoms with Crippen LogP contribution in [0.25, 0.3) is 0 Å². The number of rotatable bonds is 6. The molecule has 1 aliphatic rings. The van der Waals surface area contributed by atoms with Gasteiger partial charge in [-0.1, -0.05) is 12.8 Å². The normalized spacial score (nSPS) is 18.2. The summed E-state index contributed by atoms with van der Waals surface area (Å²) in [6.07, 6.45) is 6.32. The molecule has 0 aromatic carbocycles. The van der Waals surface area contributed by atoms with Crippen molar-refractivity contribution in [2.45, 2.75) is 37.4 Å². The Hall–Kier alpha value is -0.0300. The number of Topliss-reactive ketones (excluding diaryl/α,β-unsaturated/α-hetero) is 1. The van der Waals surface area contributed by atoms with Crippen molar-refractivity contribution < 1.29 is 13.2 Å². The van der Waals surface area contributed by atoms with Gasteiger partial charge in [0.15, 0.2) is 0 Å². The van der Waals surface area contributed by atoms with Crippen molar-refractivity contribution in [2.24, 2.45) is 0 Å². The molecule has 0 amide bonds. The smallest absolute Gasteiger partial charge is 0.147 e. The Labute approximate surface area is 95.9 Å². The molecule has 88 valence electrons. The van der Waals surface area contributed by atoms with Crippen molar-refractivity contribution in [1.29, 1.82) is 0 Å². The second kappa shape index (κ2) is 5.89. The Morgan fingerprint density at radius 1 is 1.33 bits per heavy atom. The predicted molar refractivity (Wildman–Crippen MR) is 64.0 cm³/mol. The predicted octanol–water partition coefficient (Wildman–Crippen LogP) is 1.67. The van der Waals surface area contributed by atoms with Gasteiger partial charge in [0.2, 0.25) is 0 Å². The Balaban J connectivity index is 2.13. The van der Waals surface area contributed by atoms with Gasteiger partial charge in [0.1, 0.15) is 15.6 Å². The number of carbonyl (C=O) groups excluding carboxylic acids is 1. The fourth-order valence-corrected chi connectivity index (χ4v) is 3.47. The maximum atomic E-state index is 11.4. The lowest BCUT2D eigenvalue weighted by atomic mass is 10.3. The standard InChI is InChI=1S/C10H18O3S2/c1-15(12,13)7-6-9(11)8-14-10-4-2-3-5-10/h10H,2-8H2,1H3. The van der Waals surface area contributed by atoms with Gasteiger partial charge >= 0.3 is 0 Å². The van der Waals surface area contributed by atoms with Crippen LogP contribution in [-0.4, -0.2) is 37.2 Å². The highest BCUT2D eigenvalue weighted by molar-refractivity contribution is 8.00. The van der Waals surface area contributed by atoms with Gasteiger partial charge in [-0.3, -0.25) is 4.79 Å². The van der Waals surface area contributed by atoms with E-state index in [1.807, 2.05) is 0 Å². The van der Waals surface area contributed by atoms with Crippen LogP contribution in [0, 0.1) is 0 Å². The van der Waals surface area contributed by atoms with Gasteiger partial charge in [0, 0.05) is 17.9 Å². The Morgan fingerprint density at radius 3 is 2.47 bits per heavy atom. The van der Waals surface area contributed by atoms with Crippen LogP contribution in [0.2, 0.25) is 0 Å². The topological polar surface area (TPSA) is 51.2 Å². The zero-order chi connectivity index (χ0) is 11.3. The number of hydrogen-bond acceptors (Lipinski definition) is 4. The van der Waals surface area contributed by atoms with Gasteiger partial charge in [0.05, 0.1) is 11.5 Å². The first kappa shape index (κ1) is 13.0. The zero-order valence-electron chi connectivity index (χ0n) is 9.07. The summed E-state index contributed by atoms with van der Waals surface area (Å²) in [4.78, 5) is 11.4. The number of thioether (sulfide) groups is 1. The molecule has 0 atom stereocenters. The molecule has 1 rings (SSSR count). The molecular weight excluding hydrogens is 232 g/mol. The van der Waals surface area contributed by atoms with Crippen molar-refractivity contribution >= 4 is 27.4 Å². The van der Waals surface area contributed by atoms with Gasteiger partial charge in [-0.25, -0.2) is 8.42 Å². The maximum Gasteiger partial charge on any atom is 0.147 e. The lowest BCUT2D eigenvalue weighted by Crippen LogP contribution is -2.12. The SMILES string of the molecule is CS(=O)(=O)CCC(=O)CSC1CCCC1. The van der Waals surface area contributed by atoms with E-state index in [0.29, 0.717) is 11.0 Å². The number of sulfone groups is 1. The lowest BCUT2D eigenvalue weighted by Gasteiger charge is -2.07. The minimum absolute atomic E-state index is 0.00292. The largest absolute Gasteiger partial charge is 0.299 e. The Kier molecular flexibility index (Phi) is 5.12. The molecule has 3 nitrogen and oxygen atoms in total. The van der Waals surface area contributed by atoms with Crippen LogP contribution >= 0.6 is 11.8 Å². The Morgan fingerprint density at radius 2 is 1.93 bits per heavy atom. The first-order chi connectivity index (χ1) is 6.97. The van der Waals surface area contributed by atoms with Crippen LogP contribution in [0.1, 0.15) is 32.1 Å². The summed E-state index contributed by atoms with van der Waals surface area (Å²) >= 11 is 1.70. The lowest BCUT2D eigenvalue weighted by molar-refractivity contribution is -0.116. The summed E-state index contributed by atoms with van der Waals surface area (Å²) in [5, 5.41) is 0.632. The molecule has 1 aliphatic carbocycles. The molecule has 0 saturated heterocycles. The molecule has 0 bridgehead atoms. The van der Waals surface area contributed by atoms with Crippen LogP contribution in [0.3, 0.4) is 0 Å². The zero-order valence-corrected chi connectivity index (χ0v) is 10.7. The average Bonchev–Trinajstić information content (AvgIpc) is 2.62. The van der Waals surface area contributed by atoms with E-state index in [1.54, 1.807) is 11.8 Å². The highest BCUT2D eigenvalue weighted by Gasteiger charge is 2.17. The molecule has 1 fully saturated rings. The van der Waals surface area contributed by atoms with E-state index in [9.17, 15) is 13.2 Å². The monoisotopic (exact) mass is 250 g/mol. The highest BCUT2D eigenvalue weighted by Crippen LogP contribution is 2.29. The van der Waals surface area contributed by atoms with Crippen LogP contribution in [0.15, 0.2) is 0 Å². The first-order valence-corrected chi connectivity index (χ1v) is 8.39. The van der Waals surface area contributed by atoms with E-state index in [2.05, 4.69) is 0 Å². The number of carbonyl (C=O) groups is 1. The van der Waals surface area contributed by atoms with Crippen molar-refractivity contribution in [1.82, 2.24) is 0 Å². The van der Waals surface area contributed by atoms with Gasteiger partial charge in [-0.2, -0.15) is 11.8 Å². The van der Waals surface area contributed by atoms with E-state index >= 15 is 0 Å². The number of ketones is 1. The maximum absolute atomic E-state index is 11.4. The van der Waals surface area contributed by atoms with Crippen molar-refractivity contribution in [3.05, 3.63) is 0 Å². The van der Waals surface area contributed by atoms with E-state index in [0.717, 1.165) is 0 Å². The summed E-state index contributed by atoms with van der Waals surface area (Å²) in [5.74, 6) is 0.550. The van der Waals surface area contributed by atoms with Gasteiger partial charge in [-0.05, 0) is 12.8 Å². The Bertz CT molecular complexity index is 303. The summed E-state index contributed by atoms with van der Waals surface area (Å²) in [6, 6.07) is 0. The molecule has 15 heavy (non-hydrogen) atoms. The molecule has 0 N–H and O–H groups in total. The first-order valence-electron chi connectivity index (χ1n) is 5.28. The second-order valence-corrected chi connectivity index (χ2v) is 7.68. The third kappa shape index (κ3) is 6.20. The van der Waals surface area contributed by atoms with Crippen LogP contribution in [0.4, 0.5) is 0 Å². The third-order valence-electron chi connectivity index (χ3n) is 2.53. The molecule has 5 heteroatoms. The average molecular weight is 250 g/mol. The van der Waals surface area contributed by atoms with Gasteiger partial charge < -0.3 is 0 Å². The third-order valence-corrected chi connectivity index (χ3v) is 4.91. The van der Waals surface area contributed by atoms with E-state index in [1.165, 1.54) is 31.9 Å². The van der Waals surface area contributed by atoms with Gasteiger partial charge in [0.25, 0.3) is 0 Å². The minimum Gasteiger partial charge on any atom is -0.299 e. The fourth-order valence-electron chi connectivity index (χ4n) is 1.64. The highest BCUT2D eigenvalue weighted by atomic mass is 32.2. The second-order valence-electron chi connectivity index (χ2n) is 4.14. The number of hydrogen-bond donors (Lipinski definition) is 0.